The van der Waals surface area contributed by atoms with Gasteiger partial charge in [0.2, 0.25) is 0 Å². The molecule has 0 atom stereocenters. The Morgan fingerprint density at radius 1 is 1.40 bits per heavy atom. The zero-order valence-corrected chi connectivity index (χ0v) is 12.3. The number of carbonyl (C=O) groups is 1. The Bertz CT molecular complexity index is 634. The van der Waals surface area contributed by atoms with Crippen LogP contribution in [0.5, 0.6) is 5.75 Å². The summed E-state index contributed by atoms with van der Waals surface area (Å²) in [6.45, 7) is 2.16. The highest BCUT2D eigenvalue weighted by Crippen LogP contribution is 2.26. The molecule has 1 amide bonds. The van der Waals surface area contributed by atoms with E-state index in [0.29, 0.717) is 16.9 Å². The predicted octanol–water partition coefficient (Wildman–Crippen LogP) is 3.63. The maximum absolute atomic E-state index is 13.2. The van der Waals surface area contributed by atoms with Crippen LogP contribution in [0.25, 0.3) is 0 Å². The van der Waals surface area contributed by atoms with Gasteiger partial charge in [0.15, 0.2) is 0 Å². The van der Waals surface area contributed by atoms with Gasteiger partial charge in [-0.05, 0) is 47.1 Å². The molecule has 0 saturated heterocycles. The first-order chi connectivity index (χ1) is 9.60. The SMILES string of the molecule is CCOc1cc(F)ccc1NC(=O)c1cccc(Br)n1. The highest BCUT2D eigenvalue weighted by molar-refractivity contribution is 9.10. The molecule has 0 bridgehead atoms. The van der Waals surface area contributed by atoms with Crippen LogP contribution in [0, 0.1) is 5.82 Å². The molecule has 20 heavy (non-hydrogen) atoms. The van der Waals surface area contributed by atoms with Crippen molar-refractivity contribution in [1.29, 1.82) is 0 Å². The van der Waals surface area contributed by atoms with Crippen LogP contribution in [0.2, 0.25) is 0 Å². The molecule has 0 aliphatic rings. The zero-order valence-electron chi connectivity index (χ0n) is 10.7. The van der Waals surface area contributed by atoms with E-state index in [0.717, 1.165) is 0 Å². The molecule has 0 spiro atoms. The molecule has 0 fully saturated rings. The molecule has 2 aromatic rings. The van der Waals surface area contributed by atoms with Crippen LogP contribution in [0.3, 0.4) is 0 Å². The van der Waals surface area contributed by atoms with Crippen molar-refractivity contribution in [3.63, 3.8) is 0 Å². The van der Waals surface area contributed by atoms with Crippen molar-refractivity contribution in [1.82, 2.24) is 4.98 Å². The minimum atomic E-state index is -0.424. The number of halogens is 2. The van der Waals surface area contributed by atoms with Crippen LogP contribution in [-0.2, 0) is 0 Å². The van der Waals surface area contributed by atoms with Crippen molar-refractivity contribution < 1.29 is 13.9 Å². The van der Waals surface area contributed by atoms with E-state index < -0.39 is 5.82 Å². The third kappa shape index (κ3) is 3.54. The van der Waals surface area contributed by atoms with Crippen molar-refractivity contribution in [2.45, 2.75) is 6.92 Å². The summed E-state index contributed by atoms with van der Waals surface area (Å²) in [7, 11) is 0. The normalized spacial score (nSPS) is 10.2. The monoisotopic (exact) mass is 338 g/mol. The number of nitrogens with one attached hydrogen (secondary N) is 1. The first kappa shape index (κ1) is 14.5. The van der Waals surface area contributed by atoms with Crippen LogP contribution < -0.4 is 10.1 Å². The highest BCUT2D eigenvalue weighted by atomic mass is 79.9. The zero-order chi connectivity index (χ0) is 14.5. The second-order valence-electron chi connectivity index (χ2n) is 3.87. The second kappa shape index (κ2) is 6.47. The highest BCUT2D eigenvalue weighted by Gasteiger charge is 2.12. The van der Waals surface area contributed by atoms with E-state index in [4.69, 9.17) is 4.74 Å². The number of hydrogen-bond donors (Lipinski definition) is 1. The average molecular weight is 339 g/mol. The molecule has 0 aliphatic heterocycles. The van der Waals surface area contributed by atoms with Gasteiger partial charge in [-0.2, -0.15) is 0 Å². The van der Waals surface area contributed by atoms with Crippen molar-refractivity contribution in [2.24, 2.45) is 0 Å². The van der Waals surface area contributed by atoms with Crippen molar-refractivity contribution in [2.75, 3.05) is 11.9 Å². The van der Waals surface area contributed by atoms with Gasteiger partial charge in [-0.15, -0.1) is 0 Å². The molecule has 0 radical (unpaired) electrons. The lowest BCUT2D eigenvalue weighted by Gasteiger charge is -2.11. The van der Waals surface area contributed by atoms with Gasteiger partial charge < -0.3 is 10.1 Å². The minimum Gasteiger partial charge on any atom is -0.492 e. The quantitative estimate of drug-likeness (QED) is 0.866. The van der Waals surface area contributed by atoms with E-state index in [2.05, 4.69) is 26.2 Å². The standard InChI is InChI=1S/C14H12BrFN2O2/c1-2-20-12-8-9(16)6-7-10(12)18-14(19)11-4-3-5-13(15)17-11/h3-8H,2H2,1H3,(H,18,19). The molecule has 0 aliphatic carbocycles. The number of amides is 1. The van der Waals surface area contributed by atoms with E-state index in [1.807, 2.05) is 0 Å². The first-order valence-corrected chi connectivity index (χ1v) is 6.75. The van der Waals surface area contributed by atoms with Crippen molar-refractivity contribution in [3.05, 3.63) is 52.5 Å². The first-order valence-electron chi connectivity index (χ1n) is 5.96. The largest absolute Gasteiger partial charge is 0.492 e. The number of hydrogen-bond acceptors (Lipinski definition) is 3. The van der Waals surface area contributed by atoms with Crippen LogP contribution in [0.1, 0.15) is 17.4 Å². The number of rotatable bonds is 4. The lowest BCUT2D eigenvalue weighted by atomic mass is 10.2. The molecule has 0 unspecified atom stereocenters. The third-order valence-electron chi connectivity index (χ3n) is 2.44. The molecule has 104 valence electrons. The van der Waals surface area contributed by atoms with Crippen LogP contribution in [0.15, 0.2) is 41.0 Å². The van der Waals surface area contributed by atoms with Crippen LogP contribution >= 0.6 is 15.9 Å². The maximum Gasteiger partial charge on any atom is 0.274 e. The molecule has 1 heterocycles. The number of nitrogens with zero attached hydrogens (tertiary/aromatic N) is 1. The molecule has 0 saturated carbocycles. The summed E-state index contributed by atoms with van der Waals surface area (Å²) in [5.74, 6) is -0.526. The number of carbonyl (C=O) groups excluding carboxylic acids is 1. The Morgan fingerprint density at radius 2 is 2.20 bits per heavy atom. The summed E-state index contributed by atoms with van der Waals surface area (Å²) < 4.78 is 19.0. The number of ether oxygens (including phenoxy) is 1. The van der Waals surface area contributed by atoms with Gasteiger partial charge in [0.05, 0.1) is 12.3 Å². The fourth-order valence-corrected chi connectivity index (χ4v) is 1.94. The van der Waals surface area contributed by atoms with Crippen molar-refractivity contribution in [3.8, 4) is 5.75 Å². The summed E-state index contributed by atoms with van der Waals surface area (Å²) in [5, 5.41) is 2.65. The molecule has 1 aromatic heterocycles. The molecule has 4 nitrogen and oxygen atoms in total. The predicted molar refractivity (Wildman–Crippen MR) is 77.5 cm³/mol. The summed E-state index contributed by atoms with van der Waals surface area (Å²) in [6.07, 6.45) is 0. The molecule has 1 N–H and O–H groups in total. The summed E-state index contributed by atoms with van der Waals surface area (Å²) >= 11 is 3.20. The average Bonchev–Trinajstić information content (AvgIpc) is 2.42. The number of benzene rings is 1. The minimum absolute atomic E-state index is 0.256. The van der Waals surface area contributed by atoms with E-state index in [9.17, 15) is 9.18 Å². The summed E-state index contributed by atoms with van der Waals surface area (Å²) in [4.78, 5) is 16.1. The van der Waals surface area contributed by atoms with Gasteiger partial charge in [0, 0.05) is 6.07 Å². The van der Waals surface area contributed by atoms with Gasteiger partial charge in [-0.1, -0.05) is 6.07 Å². The Morgan fingerprint density at radius 3 is 2.90 bits per heavy atom. The smallest absolute Gasteiger partial charge is 0.274 e. The van der Waals surface area contributed by atoms with E-state index in [-0.39, 0.29) is 17.4 Å². The Kier molecular flexibility index (Phi) is 4.68. The van der Waals surface area contributed by atoms with Crippen LogP contribution in [0.4, 0.5) is 10.1 Å². The fourth-order valence-electron chi connectivity index (χ4n) is 1.60. The summed E-state index contributed by atoms with van der Waals surface area (Å²) in [6, 6.07) is 8.96. The van der Waals surface area contributed by atoms with Gasteiger partial charge in [-0.25, -0.2) is 9.37 Å². The Hall–Kier alpha value is -1.95. The summed E-state index contributed by atoms with van der Waals surface area (Å²) in [5.41, 5.74) is 0.658. The molecule has 2 rings (SSSR count). The van der Waals surface area contributed by atoms with E-state index in [1.54, 1.807) is 25.1 Å². The third-order valence-corrected chi connectivity index (χ3v) is 2.88. The van der Waals surface area contributed by atoms with Gasteiger partial charge in [0.25, 0.3) is 5.91 Å². The Balaban J connectivity index is 2.23. The molecular formula is C14H12BrFN2O2. The topological polar surface area (TPSA) is 51.2 Å². The molecule has 6 heteroatoms. The maximum atomic E-state index is 13.2. The lowest BCUT2D eigenvalue weighted by Crippen LogP contribution is -2.14. The molecular weight excluding hydrogens is 327 g/mol. The van der Waals surface area contributed by atoms with Gasteiger partial charge >= 0.3 is 0 Å². The second-order valence-corrected chi connectivity index (χ2v) is 4.69. The Labute approximate surface area is 124 Å². The molecule has 1 aromatic carbocycles. The van der Waals surface area contributed by atoms with Crippen molar-refractivity contribution >= 4 is 27.5 Å². The number of pyridine rings is 1. The fraction of sp³-hybridized carbons (Fsp3) is 0.143. The number of aromatic nitrogens is 1. The number of anilines is 1. The van der Waals surface area contributed by atoms with E-state index in [1.165, 1.54) is 18.2 Å². The van der Waals surface area contributed by atoms with Gasteiger partial charge in [0.1, 0.15) is 21.9 Å². The van der Waals surface area contributed by atoms with Crippen LogP contribution in [-0.4, -0.2) is 17.5 Å². The van der Waals surface area contributed by atoms with Gasteiger partial charge in [-0.3, -0.25) is 4.79 Å². The lowest BCUT2D eigenvalue weighted by molar-refractivity contribution is 0.102. The van der Waals surface area contributed by atoms with E-state index >= 15 is 0 Å².